The molecule has 3 rings (SSSR count). The fourth-order valence-corrected chi connectivity index (χ4v) is 2.82. The second kappa shape index (κ2) is 7.18. The van der Waals surface area contributed by atoms with Gasteiger partial charge < -0.3 is 9.30 Å². The molecule has 0 aliphatic carbocycles. The third kappa shape index (κ3) is 3.40. The van der Waals surface area contributed by atoms with Crippen molar-refractivity contribution in [2.45, 2.75) is 20.4 Å². The molecule has 0 aliphatic heterocycles. The number of nitrogens with zero attached hydrogens (tertiary/aromatic N) is 1. The Bertz CT molecular complexity index is 890. The molecule has 0 radical (unpaired) electrons. The van der Waals surface area contributed by atoms with Crippen LogP contribution in [0.1, 0.15) is 19.4 Å². The number of carbonyl (C=O) groups is 1. The lowest BCUT2D eigenvalue weighted by Crippen LogP contribution is -1.98. The molecule has 0 unspecified atom stereocenters. The van der Waals surface area contributed by atoms with Crippen LogP contribution in [0, 0.1) is 0 Å². The van der Waals surface area contributed by atoms with Gasteiger partial charge in [0.2, 0.25) is 0 Å². The molecule has 1 aromatic heterocycles. The summed E-state index contributed by atoms with van der Waals surface area (Å²) in [7, 11) is 0. The van der Waals surface area contributed by atoms with Crippen LogP contribution in [0.5, 0.6) is 0 Å². The molecule has 3 heteroatoms. The molecule has 122 valence electrons. The summed E-state index contributed by atoms with van der Waals surface area (Å²) in [5, 5.41) is 1.25. The van der Waals surface area contributed by atoms with E-state index in [2.05, 4.69) is 54.1 Å². The first kappa shape index (κ1) is 16.1. The summed E-state index contributed by atoms with van der Waals surface area (Å²) in [6, 6.07) is 16.8. The van der Waals surface area contributed by atoms with Crippen LogP contribution in [0.15, 0.2) is 60.8 Å². The molecule has 0 saturated heterocycles. The highest BCUT2D eigenvalue weighted by molar-refractivity contribution is 5.88. The number of benzene rings is 2. The first-order chi connectivity index (χ1) is 11.7. The van der Waals surface area contributed by atoms with Gasteiger partial charge in [-0.1, -0.05) is 30.3 Å². The van der Waals surface area contributed by atoms with Gasteiger partial charge in [0.15, 0.2) is 0 Å². The van der Waals surface area contributed by atoms with Crippen molar-refractivity contribution in [2.24, 2.45) is 0 Å². The number of fused-ring (bicyclic) bond motifs is 1. The summed E-state index contributed by atoms with van der Waals surface area (Å²) >= 11 is 0. The summed E-state index contributed by atoms with van der Waals surface area (Å²) in [5.41, 5.74) is 4.52. The van der Waals surface area contributed by atoms with Crippen LogP contribution in [0.2, 0.25) is 0 Å². The van der Waals surface area contributed by atoms with Crippen molar-refractivity contribution in [3.8, 4) is 11.1 Å². The van der Waals surface area contributed by atoms with Crippen LogP contribution in [0.25, 0.3) is 28.1 Å². The van der Waals surface area contributed by atoms with Crippen LogP contribution in [-0.4, -0.2) is 17.1 Å². The smallest absolute Gasteiger partial charge is 0.330 e. The van der Waals surface area contributed by atoms with Crippen LogP contribution in [-0.2, 0) is 16.1 Å². The van der Waals surface area contributed by atoms with Gasteiger partial charge in [0.1, 0.15) is 0 Å². The molecular formula is C21H21NO2. The predicted molar refractivity (Wildman–Crippen MR) is 98.7 cm³/mol. The molecular weight excluding hydrogens is 298 g/mol. The normalized spacial score (nSPS) is 11.2. The molecule has 0 fully saturated rings. The minimum atomic E-state index is -0.315. The SMILES string of the molecule is CCOC(=O)/C=C/c1cccc(-c2ccc3ccn(CC)c3c2)c1. The lowest BCUT2D eigenvalue weighted by Gasteiger charge is -2.06. The molecule has 3 nitrogen and oxygen atoms in total. The molecule has 24 heavy (non-hydrogen) atoms. The third-order valence-electron chi connectivity index (χ3n) is 4.03. The zero-order valence-corrected chi connectivity index (χ0v) is 14.0. The molecule has 1 heterocycles. The molecule has 0 N–H and O–H groups in total. The van der Waals surface area contributed by atoms with Crippen molar-refractivity contribution >= 4 is 22.9 Å². The summed E-state index contributed by atoms with van der Waals surface area (Å²) in [4.78, 5) is 11.4. The standard InChI is InChI=1S/C21H21NO2/c1-3-22-13-12-17-9-10-19(15-20(17)22)18-7-5-6-16(14-18)8-11-21(23)24-4-2/h5-15H,3-4H2,1-2H3/b11-8+. The van der Waals surface area contributed by atoms with E-state index in [1.54, 1.807) is 13.0 Å². The maximum absolute atomic E-state index is 11.4. The number of aryl methyl sites for hydroxylation is 1. The number of carbonyl (C=O) groups excluding carboxylic acids is 1. The van der Waals surface area contributed by atoms with E-state index in [9.17, 15) is 4.79 Å². The van der Waals surface area contributed by atoms with E-state index in [0.717, 1.165) is 17.7 Å². The Kier molecular flexibility index (Phi) is 4.80. The number of hydrogen-bond acceptors (Lipinski definition) is 2. The average molecular weight is 319 g/mol. The number of aromatic nitrogens is 1. The Hall–Kier alpha value is -2.81. The van der Waals surface area contributed by atoms with E-state index in [4.69, 9.17) is 4.74 Å². The molecule has 0 aliphatic rings. The average Bonchev–Trinajstić information content (AvgIpc) is 3.03. The second-order valence-corrected chi connectivity index (χ2v) is 5.59. The fraction of sp³-hybridized carbons (Fsp3) is 0.190. The van der Waals surface area contributed by atoms with E-state index < -0.39 is 0 Å². The van der Waals surface area contributed by atoms with Crippen molar-refractivity contribution in [2.75, 3.05) is 6.61 Å². The highest BCUT2D eigenvalue weighted by Crippen LogP contribution is 2.26. The van der Waals surface area contributed by atoms with E-state index >= 15 is 0 Å². The van der Waals surface area contributed by atoms with Gasteiger partial charge in [0.05, 0.1) is 6.61 Å². The van der Waals surface area contributed by atoms with Crippen LogP contribution < -0.4 is 0 Å². The van der Waals surface area contributed by atoms with Gasteiger partial charge in [0, 0.05) is 24.3 Å². The Balaban J connectivity index is 1.92. The summed E-state index contributed by atoms with van der Waals surface area (Å²) in [6.45, 7) is 5.29. The Morgan fingerprint density at radius 2 is 1.92 bits per heavy atom. The Morgan fingerprint density at radius 1 is 1.08 bits per heavy atom. The molecule has 0 amide bonds. The minimum absolute atomic E-state index is 0.315. The molecule has 0 spiro atoms. The van der Waals surface area contributed by atoms with Crippen molar-refractivity contribution in [3.63, 3.8) is 0 Å². The zero-order valence-electron chi connectivity index (χ0n) is 14.0. The summed E-state index contributed by atoms with van der Waals surface area (Å²) in [6.07, 6.45) is 5.37. The number of rotatable bonds is 5. The van der Waals surface area contributed by atoms with Gasteiger partial charge in [0.25, 0.3) is 0 Å². The molecule has 0 atom stereocenters. The third-order valence-corrected chi connectivity index (χ3v) is 4.03. The number of esters is 1. The van der Waals surface area contributed by atoms with E-state index in [1.165, 1.54) is 22.5 Å². The van der Waals surface area contributed by atoms with Crippen LogP contribution >= 0.6 is 0 Å². The van der Waals surface area contributed by atoms with Gasteiger partial charge in [-0.2, -0.15) is 0 Å². The lowest BCUT2D eigenvalue weighted by atomic mass is 10.0. The van der Waals surface area contributed by atoms with Gasteiger partial charge in [-0.3, -0.25) is 0 Å². The predicted octanol–water partition coefficient (Wildman–Crippen LogP) is 4.90. The summed E-state index contributed by atoms with van der Waals surface area (Å²) in [5.74, 6) is -0.315. The minimum Gasteiger partial charge on any atom is -0.463 e. The Morgan fingerprint density at radius 3 is 2.71 bits per heavy atom. The van der Waals surface area contributed by atoms with Crippen LogP contribution in [0.3, 0.4) is 0 Å². The highest BCUT2D eigenvalue weighted by Gasteiger charge is 2.04. The van der Waals surface area contributed by atoms with E-state index in [1.807, 2.05) is 12.1 Å². The van der Waals surface area contributed by atoms with Crippen molar-refractivity contribution in [1.82, 2.24) is 4.57 Å². The number of ether oxygens (including phenoxy) is 1. The largest absolute Gasteiger partial charge is 0.463 e. The van der Waals surface area contributed by atoms with Gasteiger partial charge in [-0.05, 0) is 60.2 Å². The Labute approximate surface area is 142 Å². The molecule has 0 bridgehead atoms. The second-order valence-electron chi connectivity index (χ2n) is 5.59. The molecule has 2 aromatic carbocycles. The maximum Gasteiger partial charge on any atom is 0.330 e. The quantitative estimate of drug-likeness (QED) is 0.494. The van der Waals surface area contributed by atoms with Gasteiger partial charge >= 0.3 is 5.97 Å². The summed E-state index contributed by atoms with van der Waals surface area (Å²) < 4.78 is 7.15. The first-order valence-corrected chi connectivity index (χ1v) is 8.25. The van der Waals surface area contributed by atoms with E-state index in [0.29, 0.717) is 6.61 Å². The fourth-order valence-electron chi connectivity index (χ4n) is 2.82. The number of hydrogen-bond donors (Lipinski definition) is 0. The first-order valence-electron chi connectivity index (χ1n) is 8.25. The van der Waals surface area contributed by atoms with Gasteiger partial charge in [-0.15, -0.1) is 0 Å². The van der Waals surface area contributed by atoms with Crippen LogP contribution in [0.4, 0.5) is 0 Å². The van der Waals surface area contributed by atoms with Crippen molar-refractivity contribution in [3.05, 3.63) is 66.4 Å². The maximum atomic E-state index is 11.4. The van der Waals surface area contributed by atoms with E-state index in [-0.39, 0.29) is 5.97 Å². The molecule has 0 saturated carbocycles. The van der Waals surface area contributed by atoms with Crippen molar-refractivity contribution in [1.29, 1.82) is 0 Å². The highest BCUT2D eigenvalue weighted by atomic mass is 16.5. The zero-order chi connectivity index (χ0) is 16.9. The molecule has 3 aromatic rings. The topological polar surface area (TPSA) is 31.2 Å². The van der Waals surface area contributed by atoms with Crippen molar-refractivity contribution < 1.29 is 9.53 Å². The monoisotopic (exact) mass is 319 g/mol. The lowest BCUT2D eigenvalue weighted by molar-refractivity contribution is -0.137. The van der Waals surface area contributed by atoms with Gasteiger partial charge in [-0.25, -0.2) is 4.79 Å².